The van der Waals surface area contributed by atoms with Crippen LogP contribution in [0.5, 0.6) is 11.6 Å². The molecular weight excluding hydrogens is 496 g/mol. The molecule has 0 saturated heterocycles. The minimum absolute atomic E-state index is 0.00446. The second-order valence-corrected chi connectivity index (χ2v) is 8.31. The van der Waals surface area contributed by atoms with E-state index >= 15 is 0 Å². The van der Waals surface area contributed by atoms with Crippen LogP contribution in [0.25, 0.3) is 11.7 Å². The van der Waals surface area contributed by atoms with Gasteiger partial charge in [0, 0.05) is 10.7 Å². The summed E-state index contributed by atoms with van der Waals surface area (Å²) in [7, 11) is 0. The molecule has 8 heteroatoms. The van der Waals surface area contributed by atoms with Crippen molar-refractivity contribution < 1.29 is 9.53 Å². The van der Waals surface area contributed by atoms with Crippen LogP contribution in [0.1, 0.15) is 24.1 Å². The second kappa shape index (κ2) is 10.1. The van der Waals surface area contributed by atoms with Crippen LogP contribution in [0.15, 0.2) is 93.8 Å². The molecule has 2 aromatic carbocycles. The SMILES string of the molecule is C[C@H](NC(=O)/C(C#N)=C/c1c(Oc2ccc(Br)cc2)nc2ccccn2c1=O)c1ccccc1. The van der Waals surface area contributed by atoms with Gasteiger partial charge >= 0.3 is 0 Å². The van der Waals surface area contributed by atoms with E-state index < -0.39 is 11.5 Å². The average molecular weight is 515 g/mol. The predicted octanol–water partition coefficient (Wildman–Crippen LogP) is 5.03. The van der Waals surface area contributed by atoms with E-state index in [0.717, 1.165) is 10.0 Å². The van der Waals surface area contributed by atoms with Gasteiger partial charge in [0.1, 0.15) is 28.6 Å². The van der Waals surface area contributed by atoms with E-state index in [0.29, 0.717) is 11.4 Å². The summed E-state index contributed by atoms with van der Waals surface area (Å²) in [6.07, 6.45) is 2.78. The molecule has 0 aliphatic heterocycles. The van der Waals surface area contributed by atoms with Gasteiger partial charge in [-0.3, -0.25) is 14.0 Å². The summed E-state index contributed by atoms with van der Waals surface area (Å²) in [6, 6.07) is 23.1. The summed E-state index contributed by atoms with van der Waals surface area (Å²) >= 11 is 3.37. The largest absolute Gasteiger partial charge is 0.438 e. The lowest BCUT2D eigenvalue weighted by Crippen LogP contribution is -2.28. The number of pyridine rings is 1. The molecule has 0 unspecified atom stereocenters. The lowest BCUT2D eigenvalue weighted by Gasteiger charge is -2.14. The highest BCUT2D eigenvalue weighted by atomic mass is 79.9. The number of hydrogen-bond donors (Lipinski definition) is 1. The molecule has 4 rings (SSSR count). The molecule has 1 atom stereocenters. The fraction of sp³-hybridized carbons (Fsp3) is 0.0769. The topological polar surface area (TPSA) is 96.5 Å². The van der Waals surface area contributed by atoms with Gasteiger partial charge in [0.05, 0.1) is 6.04 Å². The van der Waals surface area contributed by atoms with E-state index in [1.807, 2.05) is 43.3 Å². The zero-order valence-corrected chi connectivity index (χ0v) is 19.7. The smallest absolute Gasteiger partial charge is 0.269 e. The van der Waals surface area contributed by atoms with Crippen LogP contribution in [0, 0.1) is 11.3 Å². The maximum Gasteiger partial charge on any atom is 0.269 e. The van der Waals surface area contributed by atoms with Gasteiger partial charge in [0.15, 0.2) is 0 Å². The molecule has 0 aliphatic carbocycles. The number of benzene rings is 2. The van der Waals surface area contributed by atoms with Gasteiger partial charge in [-0.25, -0.2) is 0 Å². The van der Waals surface area contributed by atoms with Crippen molar-refractivity contribution in [1.82, 2.24) is 14.7 Å². The molecule has 7 nitrogen and oxygen atoms in total. The van der Waals surface area contributed by atoms with E-state index in [1.54, 1.807) is 48.7 Å². The van der Waals surface area contributed by atoms with Crippen LogP contribution < -0.4 is 15.6 Å². The summed E-state index contributed by atoms with van der Waals surface area (Å²) in [5.74, 6) is -0.160. The van der Waals surface area contributed by atoms with Crippen LogP contribution in [0.4, 0.5) is 0 Å². The van der Waals surface area contributed by atoms with Crippen LogP contribution in [0.2, 0.25) is 0 Å². The third-order valence-corrected chi connectivity index (χ3v) is 5.59. The number of nitrogens with zero attached hydrogens (tertiary/aromatic N) is 3. The third kappa shape index (κ3) is 5.05. The van der Waals surface area contributed by atoms with Crippen LogP contribution in [0.3, 0.4) is 0 Å². The first-order chi connectivity index (χ1) is 16.5. The fourth-order valence-corrected chi connectivity index (χ4v) is 3.55. The number of amides is 1. The molecule has 168 valence electrons. The van der Waals surface area contributed by atoms with Crippen molar-refractivity contribution >= 4 is 33.6 Å². The lowest BCUT2D eigenvalue weighted by atomic mass is 10.1. The quantitative estimate of drug-likeness (QED) is 0.287. The monoisotopic (exact) mass is 514 g/mol. The number of carbonyl (C=O) groups is 1. The Morgan fingerprint density at radius 1 is 1.12 bits per heavy atom. The summed E-state index contributed by atoms with van der Waals surface area (Å²) in [6.45, 7) is 1.82. The Kier molecular flexibility index (Phi) is 6.85. The van der Waals surface area contributed by atoms with Crippen LogP contribution >= 0.6 is 15.9 Å². The fourth-order valence-electron chi connectivity index (χ4n) is 3.29. The van der Waals surface area contributed by atoms with E-state index in [-0.39, 0.29) is 23.1 Å². The van der Waals surface area contributed by atoms with Gasteiger partial charge in [-0.1, -0.05) is 52.3 Å². The van der Waals surface area contributed by atoms with Crippen molar-refractivity contribution in [3.8, 4) is 17.7 Å². The number of aromatic nitrogens is 2. The maximum absolute atomic E-state index is 13.3. The minimum atomic E-state index is -0.606. The first-order valence-electron chi connectivity index (χ1n) is 10.4. The van der Waals surface area contributed by atoms with Crippen molar-refractivity contribution in [1.29, 1.82) is 5.26 Å². The summed E-state index contributed by atoms with van der Waals surface area (Å²) in [5, 5.41) is 12.5. The van der Waals surface area contributed by atoms with Gasteiger partial charge in [-0.05, 0) is 55.0 Å². The summed E-state index contributed by atoms with van der Waals surface area (Å²) in [4.78, 5) is 30.6. The minimum Gasteiger partial charge on any atom is -0.438 e. The number of ether oxygens (including phenoxy) is 1. The van der Waals surface area contributed by atoms with Crippen molar-refractivity contribution in [3.05, 3.63) is 111 Å². The van der Waals surface area contributed by atoms with Gasteiger partial charge in [-0.2, -0.15) is 10.2 Å². The lowest BCUT2D eigenvalue weighted by molar-refractivity contribution is -0.117. The molecule has 2 aromatic heterocycles. The summed E-state index contributed by atoms with van der Waals surface area (Å²) in [5.41, 5.74) is 0.551. The first-order valence-corrected chi connectivity index (χ1v) is 11.2. The number of halogens is 1. The Hall–Kier alpha value is -4.22. The molecule has 1 amide bonds. The molecule has 2 heterocycles. The Morgan fingerprint density at radius 3 is 2.53 bits per heavy atom. The van der Waals surface area contributed by atoms with Gasteiger partial charge < -0.3 is 10.1 Å². The molecule has 0 fully saturated rings. The number of hydrogen-bond acceptors (Lipinski definition) is 5. The van der Waals surface area contributed by atoms with E-state index in [2.05, 4.69) is 26.2 Å². The first kappa shape index (κ1) is 23.0. The highest BCUT2D eigenvalue weighted by Gasteiger charge is 2.19. The van der Waals surface area contributed by atoms with Crippen molar-refractivity contribution in [2.75, 3.05) is 0 Å². The average Bonchev–Trinajstić information content (AvgIpc) is 2.86. The molecule has 0 bridgehead atoms. The van der Waals surface area contributed by atoms with Crippen molar-refractivity contribution in [3.63, 3.8) is 0 Å². The van der Waals surface area contributed by atoms with E-state index in [1.165, 1.54) is 10.5 Å². The van der Waals surface area contributed by atoms with Crippen LogP contribution in [-0.4, -0.2) is 15.3 Å². The number of nitrogens with one attached hydrogen (secondary N) is 1. The zero-order chi connectivity index (χ0) is 24.1. The Morgan fingerprint density at radius 2 is 1.82 bits per heavy atom. The number of carbonyl (C=O) groups excluding carboxylic acids is 1. The maximum atomic E-state index is 13.3. The van der Waals surface area contributed by atoms with Gasteiger partial charge in [0.25, 0.3) is 11.5 Å². The third-order valence-electron chi connectivity index (χ3n) is 5.06. The number of nitriles is 1. The van der Waals surface area contributed by atoms with Crippen molar-refractivity contribution in [2.24, 2.45) is 0 Å². The second-order valence-electron chi connectivity index (χ2n) is 7.40. The van der Waals surface area contributed by atoms with Gasteiger partial charge in [0.2, 0.25) is 5.88 Å². The molecule has 34 heavy (non-hydrogen) atoms. The molecule has 0 spiro atoms. The summed E-state index contributed by atoms with van der Waals surface area (Å²) < 4.78 is 8.09. The Balaban J connectivity index is 1.75. The number of fused-ring (bicyclic) bond motifs is 1. The standard InChI is InChI=1S/C26H19BrN4O3/c1-17(18-7-3-2-4-8-18)29-24(32)19(16-28)15-22-25(34-21-12-10-20(27)11-13-21)30-23-9-5-6-14-31(23)26(22)33/h2-15,17H,1H3,(H,29,32)/b19-15+/t17-/m0/s1. The molecule has 1 N–H and O–H groups in total. The van der Waals surface area contributed by atoms with Gasteiger partial charge in [-0.15, -0.1) is 0 Å². The Bertz CT molecular complexity index is 1470. The molecule has 0 saturated carbocycles. The van der Waals surface area contributed by atoms with E-state index in [9.17, 15) is 14.9 Å². The highest BCUT2D eigenvalue weighted by molar-refractivity contribution is 9.10. The predicted molar refractivity (Wildman–Crippen MR) is 132 cm³/mol. The van der Waals surface area contributed by atoms with Crippen molar-refractivity contribution in [2.45, 2.75) is 13.0 Å². The molecular formula is C26H19BrN4O3. The van der Waals surface area contributed by atoms with E-state index in [4.69, 9.17) is 4.74 Å². The molecule has 4 aromatic rings. The molecule has 0 radical (unpaired) electrons. The molecule has 0 aliphatic rings. The number of rotatable bonds is 6. The normalized spacial score (nSPS) is 12.1. The Labute approximate surface area is 204 Å². The zero-order valence-electron chi connectivity index (χ0n) is 18.1. The highest BCUT2D eigenvalue weighted by Crippen LogP contribution is 2.25. The van der Waals surface area contributed by atoms with Crippen LogP contribution in [-0.2, 0) is 4.79 Å².